The van der Waals surface area contributed by atoms with E-state index in [-0.39, 0.29) is 10.9 Å². The minimum absolute atomic E-state index is 0.238. The van der Waals surface area contributed by atoms with Crippen LogP contribution in [0.15, 0.2) is 59.5 Å². The monoisotopic (exact) mass is 372 g/mol. The average molecular weight is 373 g/mol. The van der Waals surface area contributed by atoms with E-state index in [0.717, 1.165) is 24.0 Å². The second-order valence-electron chi connectivity index (χ2n) is 7.30. The molecule has 26 heavy (non-hydrogen) atoms. The molecular formula is C21H28N2O2S. The second kappa shape index (κ2) is 8.33. The van der Waals surface area contributed by atoms with Gasteiger partial charge in [-0.3, -0.25) is 0 Å². The van der Waals surface area contributed by atoms with Crippen LogP contribution in [0.3, 0.4) is 0 Å². The zero-order valence-electron chi connectivity index (χ0n) is 15.3. The van der Waals surface area contributed by atoms with Gasteiger partial charge in [0.15, 0.2) is 0 Å². The first-order chi connectivity index (χ1) is 12.5. The van der Waals surface area contributed by atoms with Gasteiger partial charge in [-0.1, -0.05) is 67.3 Å². The van der Waals surface area contributed by atoms with Gasteiger partial charge >= 0.3 is 0 Å². The molecule has 3 rings (SSSR count). The summed E-state index contributed by atoms with van der Waals surface area (Å²) in [7, 11) is -3.64. The zero-order valence-corrected chi connectivity index (χ0v) is 16.1. The first kappa shape index (κ1) is 19.1. The lowest BCUT2D eigenvalue weighted by Crippen LogP contribution is -2.45. The highest BCUT2D eigenvalue weighted by Gasteiger charge is 2.32. The van der Waals surface area contributed by atoms with Crippen molar-refractivity contribution in [3.63, 3.8) is 0 Å². The SMILES string of the molecule is Cc1ccc(S(=O)(=O)N[C@H](c2ccccc2)[C@H](N)C2CCCCC2)cc1. The number of hydrogen-bond acceptors (Lipinski definition) is 3. The summed E-state index contributed by atoms with van der Waals surface area (Å²) in [5.41, 5.74) is 8.56. The van der Waals surface area contributed by atoms with Crippen molar-refractivity contribution in [2.75, 3.05) is 0 Å². The summed E-state index contributed by atoms with van der Waals surface area (Å²) in [6.07, 6.45) is 5.72. The number of sulfonamides is 1. The van der Waals surface area contributed by atoms with Gasteiger partial charge in [0.1, 0.15) is 0 Å². The first-order valence-electron chi connectivity index (χ1n) is 9.37. The van der Waals surface area contributed by atoms with Gasteiger partial charge in [0.2, 0.25) is 10.0 Å². The maximum atomic E-state index is 12.9. The number of hydrogen-bond donors (Lipinski definition) is 2. The number of benzene rings is 2. The van der Waals surface area contributed by atoms with Gasteiger partial charge in [-0.05, 0) is 43.4 Å². The molecule has 2 aromatic carbocycles. The van der Waals surface area contributed by atoms with Gasteiger partial charge in [0.25, 0.3) is 0 Å². The molecule has 1 saturated carbocycles. The van der Waals surface area contributed by atoms with Crippen LogP contribution < -0.4 is 10.5 Å². The molecule has 2 aromatic rings. The van der Waals surface area contributed by atoms with E-state index >= 15 is 0 Å². The van der Waals surface area contributed by atoms with Crippen LogP contribution in [0, 0.1) is 12.8 Å². The Morgan fingerprint density at radius 2 is 1.58 bits per heavy atom. The van der Waals surface area contributed by atoms with Crippen molar-refractivity contribution in [1.82, 2.24) is 4.72 Å². The molecule has 0 bridgehead atoms. The molecule has 0 radical (unpaired) electrons. The lowest BCUT2D eigenvalue weighted by atomic mass is 9.80. The Labute approximate surface area is 156 Å². The quantitative estimate of drug-likeness (QED) is 0.807. The van der Waals surface area contributed by atoms with Crippen LogP contribution in [-0.4, -0.2) is 14.5 Å². The standard InChI is InChI=1S/C21H28N2O2S/c1-16-12-14-19(15-13-16)26(24,25)23-21(18-10-6-3-7-11-18)20(22)17-8-4-2-5-9-17/h3,6-7,10-15,17,20-21,23H,2,4-5,8-9,22H2,1H3/t20-,21-/m1/s1. The fourth-order valence-corrected chi connectivity index (χ4v) is 5.03. The molecule has 0 unspecified atom stereocenters. The van der Waals surface area contributed by atoms with Gasteiger partial charge in [-0.2, -0.15) is 0 Å². The Bertz CT molecular complexity index is 798. The van der Waals surface area contributed by atoms with Crippen LogP contribution in [0.4, 0.5) is 0 Å². The Morgan fingerprint density at radius 1 is 0.962 bits per heavy atom. The number of rotatable bonds is 6. The molecule has 0 saturated heterocycles. The van der Waals surface area contributed by atoms with Crippen molar-refractivity contribution in [3.05, 3.63) is 65.7 Å². The summed E-state index contributed by atoms with van der Waals surface area (Å²) in [4.78, 5) is 0.278. The molecule has 4 nitrogen and oxygen atoms in total. The van der Waals surface area contributed by atoms with Gasteiger partial charge in [0.05, 0.1) is 10.9 Å². The largest absolute Gasteiger partial charge is 0.326 e. The number of aryl methyl sites for hydroxylation is 1. The highest BCUT2D eigenvalue weighted by atomic mass is 32.2. The van der Waals surface area contributed by atoms with E-state index in [1.54, 1.807) is 12.1 Å². The highest BCUT2D eigenvalue weighted by Crippen LogP contribution is 2.32. The summed E-state index contributed by atoms with van der Waals surface area (Å²) < 4.78 is 28.8. The number of nitrogens with two attached hydrogens (primary N) is 1. The van der Waals surface area contributed by atoms with Crippen molar-refractivity contribution >= 4 is 10.0 Å². The highest BCUT2D eigenvalue weighted by molar-refractivity contribution is 7.89. The van der Waals surface area contributed by atoms with E-state index in [0.29, 0.717) is 5.92 Å². The third-order valence-electron chi connectivity index (χ3n) is 5.35. The molecule has 5 heteroatoms. The third-order valence-corrected chi connectivity index (χ3v) is 6.81. The Kier molecular flexibility index (Phi) is 6.12. The number of nitrogens with one attached hydrogen (secondary N) is 1. The summed E-state index contributed by atoms with van der Waals surface area (Å²) >= 11 is 0. The minimum Gasteiger partial charge on any atom is -0.326 e. The molecule has 140 valence electrons. The fraction of sp³-hybridized carbons (Fsp3) is 0.429. The summed E-state index contributed by atoms with van der Waals surface area (Å²) in [5.74, 6) is 0.342. The smallest absolute Gasteiger partial charge is 0.241 e. The lowest BCUT2D eigenvalue weighted by Gasteiger charge is -2.34. The maximum absolute atomic E-state index is 12.9. The van der Waals surface area contributed by atoms with E-state index in [1.165, 1.54) is 19.3 Å². The fourth-order valence-electron chi connectivity index (χ4n) is 3.77. The van der Waals surface area contributed by atoms with Crippen molar-refractivity contribution in [2.24, 2.45) is 11.7 Å². The molecule has 2 atom stereocenters. The Balaban J connectivity index is 1.89. The maximum Gasteiger partial charge on any atom is 0.241 e. The van der Waals surface area contributed by atoms with Crippen LogP contribution in [0.25, 0.3) is 0 Å². The molecule has 0 aliphatic heterocycles. The van der Waals surface area contributed by atoms with E-state index in [1.807, 2.05) is 49.4 Å². The van der Waals surface area contributed by atoms with Crippen LogP contribution in [0.5, 0.6) is 0 Å². The molecular weight excluding hydrogens is 344 g/mol. The first-order valence-corrected chi connectivity index (χ1v) is 10.9. The second-order valence-corrected chi connectivity index (χ2v) is 9.01. The predicted octanol–water partition coefficient (Wildman–Crippen LogP) is 3.92. The van der Waals surface area contributed by atoms with E-state index < -0.39 is 16.1 Å². The van der Waals surface area contributed by atoms with Crippen LogP contribution >= 0.6 is 0 Å². The molecule has 1 aliphatic carbocycles. The minimum atomic E-state index is -3.64. The van der Waals surface area contributed by atoms with Crippen molar-refractivity contribution < 1.29 is 8.42 Å². The van der Waals surface area contributed by atoms with Gasteiger partial charge in [0, 0.05) is 6.04 Å². The molecule has 0 amide bonds. The summed E-state index contributed by atoms with van der Waals surface area (Å²) in [5, 5.41) is 0. The van der Waals surface area contributed by atoms with E-state index in [2.05, 4.69) is 4.72 Å². The van der Waals surface area contributed by atoms with Crippen molar-refractivity contribution in [3.8, 4) is 0 Å². The van der Waals surface area contributed by atoms with E-state index in [9.17, 15) is 8.42 Å². The molecule has 0 spiro atoms. The lowest BCUT2D eigenvalue weighted by molar-refractivity contribution is 0.271. The van der Waals surface area contributed by atoms with Gasteiger partial charge in [-0.25, -0.2) is 13.1 Å². The molecule has 0 aromatic heterocycles. The van der Waals surface area contributed by atoms with Crippen molar-refractivity contribution in [2.45, 2.75) is 56.0 Å². The van der Waals surface area contributed by atoms with Crippen LogP contribution in [0.1, 0.15) is 49.3 Å². The Hall–Kier alpha value is -1.69. The van der Waals surface area contributed by atoms with Gasteiger partial charge < -0.3 is 5.73 Å². The van der Waals surface area contributed by atoms with E-state index in [4.69, 9.17) is 5.73 Å². The van der Waals surface area contributed by atoms with Crippen LogP contribution in [-0.2, 0) is 10.0 Å². The topological polar surface area (TPSA) is 72.2 Å². The molecule has 1 aliphatic rings. The average Bonchev–Trinajstić information content (AvgIpc) is 2.67. The van der Waals surface area contributed by atoms with Crippen molar-refractivity contribution in [1.29, 1.82) is 0 Å². The zero-order chi connectivity index (χ0) is 18.6. The predicted molar refractivity (Wildman–Crippen MR) is 105 cm³/mol. The molecule has 1 fully saturated rings. The van der Waals surface area contributed by atoms with Crippen LogP contribution in [0.2, 0.25) is 0 Å². The molecule has 0 heterocycles. The Morgan fingerprint density at radius 3 is 2.19 bits per heavy atom. The molecule has 3 N–H and O–H groups in total. The summed E-state index contributed by atoms with van der Waals surface area (Å²) in [6, 6.07) is 15.9. The van der Waals surface area contributed by atoms with Gasteiger partial charge in [-0.15, -0.1) is 0 Å². The summed E-state index contributed by atoms with van der Waals surface area (Å²) in [6.45, 7) is 1.94. The third kappa shape index (κ3) is 4.53. The normalized spacial score (nSPS) is 18.4.